The molecule has 0 amide bonds. The molecule has 0 unspecified atom stereocenters. The van der Waals surface area contributed by atoms with Gasteiger partial charge in [0.1, 0.15) is 0 Å². The Morgan fingerprint density at radius 3 is 1.76 bits per heavy atom. The summed E-state index contributed by atoms with van der Waals surface area (Å²) in [5.74, 6) is 1.92. The van der Waals surface area contributed by atoms with E-state index in [4.69, 9.17) is 0 Å². The molecule has 3 heterocycles. The van der Waals surface area contributed by atoms with E-state index in [1.54, 1.807) is 0 Å². The number of nitrogens with zero attached hydrogens (tertiary/aromatic N) is 6. The van der Waals surface area contributed by atoms with Crippen LogP contribution in [0, 0.1) is 0 Å². The highest BCUT2D eigenvalue weighted by Crippen LogP contribution is 2.18. The smallest absolute Gasteiger partial charge is 0.367 e. The number of hydrogen-bond donors (Lipinski definition) is 0. The van der Waals surface area contributed by atoms with Gasteiger partial charge in [0.25, 0.3) is 0 Å². The van der Waals surface area contributed by atoms with Crippen LogP contribution in [-0.4, -0.2) is 39.7 Å². The molecular weight excluding hydrogens is 215 g/mol. The van der Waals surface area contributed by atoms with Crippen LogP contribution >= 0.6 is 0 Å². The highest BCUT2D eigenvalue weighted by molar-refractivity contribution is 6.47. The number of anilines is 2. The quantitative estimate of drug-likeness (QED) is 0.680. The van der Waals surface area contributed by atoms with Gasteiger partial charge in [-0.2, -0.15) is 0 Å². The first-order chi connectivity index (χ1) is 8.25. The molecule has 0 N–H and O–H groups in total. The second kappa shape index (κ2) is 3.83. The van der Waals surface area contributed by atoms with E-state index in [1.807, 2.05) is 48.0 Å². The van der Waals surface area contributed by atoms with E-state index in [1.165, 1.54) is 0 Å². The third-order valence-corrected chi connectivity index (χ3v) is 2.97. The number of rotatable bonds is 2. The summed E-state index contributed by atoms with van der Waals surface area (Å²) >= 11 is 0. The Kier molecular flexibility index (Phi) is 2.31. The van der Waals surface area contributed by atoms with Crippen molar-refractivity contribution in [1.29, 1.82) is 0 Å². The fourth-order valence-corrected chi connectivity index (χ4v) is 2.07. The molecule has 2 aromatic rings. The van der Waals surface area contributed by atoms with E-state index in [0.717, 1.165) is 25.0 Å². The van der Waals surface area contributed by atoms with Gasteiger partial charge in [0.2, 0.25) is 0 Å². The normalized spacial score (nSPS) is 15.4. The zero-order valence-corrected chi connectivity index (χ0v) is 9.98. The summed E-state index contributed by atoms with van der Waals surface area (Å²) in [7, 11) is 6.06. The molecule has 1 radical (unpaired) electrons. The van der Waals surface area contributed by atoms with Gasteiger partial charge in [0.05, 0.1) is 0 Å². The summed E-state index contributed by atoms with van der Waals surface area (Å²) in [5, 5.41) is 0. The van der Waals surface area contributed by atoms with Crippen LogP contribution in [0.3, 0.4) is 0 Å². The van der Waals surface area contributed by atoms with Crippen LogP contribution in [-0.2, 0) is 14.1 Å². The van der Waals surface area contributed by atoms with E-state index in [9.17, 15) is 0 Å². The molecule has 0 atom stereocenters. The van der Waals surface area contributed by atoms with Gasteiger partial charge in [0, 0.05) is 52.0 Å². The Hall–Kier alpha value is -1.92. The van der Waals surface area contributed by atoms with Crippen molar-refractivity contribution in [2.45, 2.75) is 0 Å². The monoisotopic (exact) mass is 229 g/mol. The maximum atomic E-state index is 4.34. The predicted octanol–water partition coefficient (Wildman–Crippen LogP) is 0.0144. The molecule has 1 saturated heterocycles. The first-order valence-electron chi connectivity index (χ1n) is 5.58. The Morgan fingerprint density at radius 2 is 1.41 bits per heavy atom. The first kappa shape index (κ1) is 10.3. The number of hydrogen-bond acceptors (Lipinski definition) is 4. The summed E-state index contributed by atoms with van der Waals surface area (Å²) in [6.07, 6.45) is 7.53. The van der Waals surface area contributed by atoms with Crippen molar-refractivity contribution in [3.05, 3.63) is 24.8 Å². The molecule has 0 aliphatic carbocycles. The Morgan fingerprint density at radius 1 is 0.941 bits per heavy atom. The standard InChI is InChI=1S/C10H14BN6/c1-14-5-3-12-9(14)16-7-8-17(11-16)10-13-4-6-15(10)2/h3-6H,7-8H2,1-2H3. The summed E-state index contributed by atoms with van der Waals surface area (Å²) in [6, 6.07) is 0. The van der Waals surface area contributed by atoms with Crippen LogP contribution in [0.1, 0.15) is 0 Å². The average molecular weight is 229 g/mol. The maximum absolute atomic E-state index is 4.34. The molecule has 17 heavy (non-hydrogen) atoms. The van der Waals surface area contributed by atoms with Crippen molar-refractivity contribution in [2.75, 3.05) is 22.7 Å². The van der Waals surface area contributed by atoms with Crippen LogP contribution in [0.25, 0.3) is 0 Å². The van der Waals surface area contributed by atoms with Crippen molar-refractivity contribution in [2.24, 2.45) is 14.1 Å². The topological polar surface area (TPSA) is 42.1 Å². The molecule has 6 nitrogen and oxygen atoms in total. The van der Waals surface area contributed by atoms with E-state index in [-0.39, 0.29) is 0 Å². The molecule has 87 valence electrons. The van der Waals surface area contributed by atoms with Crippen LogP contribution < -0.4 is 9.62 Å². The average Bonchev–Trinajstić information content (AvgIpc) is 2.97. The fourth-order valence-electron chi connectivity index (χ4n) is 2.07. The van der Waals surface area contributed by atoms with Gasteiger partial charge in [-0.05, 0) is 0 Å². The SMILES string of the molecule is Cn1ccnc1N1[B]N(c2nccn2C)CC1. The third-order valence-electron chi connectivity index (χ3n) is 2.97. The molecule has 2 aromatic heterocycles. The van der Waals surface area contributed by atoms with Crippen molar-refractivity contribution in [1.82, 2.24) is 19.1 Å². The van der Waals surface area contributed by atoms with Crippen molar-refractivity contribution in [3.8, 4) is 0 Å². The molecule has 1 aliphatic rings. The van der Waals surface area contributed by atoms with Crippen molar-refractivity contribution in [3.63, 3.8) is 0 Å². The molecule has 7 heteroatoms. The van der Waals surface area contributed by atoms with Crippen LogP contribution in [0.2, 0.25) is 0 Å². The lowest BCUT2D eigenvalue weighted by Gasteiger charge is -2.17. The van der Waals surface area contributed by atoms with E-state index < -0.39 is 0 Å². The summed E-state index contributed by atoms with van der Waals surface area (Å²) in [6.45, 7) is 1.86. The number of aryl methyl sites for hydroxylation is 2. The summed E-state index contributed by atoms with van der Waals surface area (Å²) < 4.78 is 4.02. The number of imidazole rings is 2. The highest BCUT2D eigenvalue weighted by atomic mass is 15.4. The molecule has 0 bridgehead atoms. The molecular formula is C10H14BN6. The van der Waals surface area contributed by atoms with Crippen LogP contribution in [0.5, 0.6) is 0 Å². The third kappa shape index (κ3) is 1.67. The lowest BCUT2D eigenvalue weighted by atomic mass is 10.1. The number of aromatic nitrogens is 4. The molecule has 3 rings (SSSR count). The maximum Gasteiger partial charge on any atom is 0.396 e. The minimum atomic E-state index is 0.928. The van der Waals surface area contributed by atoms with Gasteiger partial charge in [-0.3, -0.25) is 0 Å². The lowest BCUT2D eigenvalue weighted by molar-refractivity contribution is 0.858. The first-order valence-corrected chi connectivity index (χ1v) is 5.58. The van der Waals surface area contributed by atoms with Crippen molar-refractivity contribution < 1.29 is 0 Å². The van der Waals surface area contributed by atoms with Crippen molar-refractivity contribution >= 4 is 19.4 Å². The Balaban J connectivity index is 1.79. The van der Waals surface area contributed by atoms with Gasteiger partial charge < -0.3 is 18.8 Å². The molecule has 1 fully saturated rings. The van der Waals surface area contributed by atoms with Gasteiger partial charge >= 0.3 is 7.55 Å². The largest absolute Gasteiger partial charge is 0.396 e. The molecule has 0 saturated carbocycles. The zero-order valence-electron chi connectivity index (χ0n) is 9.98. The molecule has 1 aliphatic heterocycles. The van der Waals surface area contributed by atoms with E-state index >= 15 is 0 Å². The van der Waals surface area contributed by atoms with Gasteiger partial charge in [-0.1, -0.05) is 0 Å². The minimum absolute atomic E-state index is 0.928. The molecule has 0 aromatic carbocycles. The zero-order chi connectivity index (χ0) is 11.8. The van der Waals surface area contributed by atoms with Gasteiger partial charge in [-0.25, -0.2) is 9.97 Å². The minimum Gasteiger partial charge on any atom is -0.367 e. The highest BCUT2D eigenvalue weighted by Gasteiger charge is 2.27. The van der Waals surface area contributed by atoms with Crippen LogP contribution in [0.15, 0.2) is 24.8 Å². The van der Waals surface area contributed by atoms with E-state index in [2.05, 4.69) is 27.1 Å². The Bertz CT molecular complexity index is 472. The fraction of sp³-hybridized carbons (Fsp3) is 0.400. The van der Waals surface area contributed by atoms with Gasteiger partial charge in [-0.15, -0.1) is 0 Å². The Labute approximate surface area is 101 Å². The van der Waals surface area contributed by atoms with E-state index in [0.29, 0.717) is 0 Å². The predicted molar refractivity (Wildman–Crippen MR) is 66.9 cm³/mol. The van der Waals surface area contributed by atoms with Gasteiger partial charge in [0.15, 0.2) is 11.9 Å². The summed E-state index contributed by atoms with van der Waals surface area (Å²) in [4.78, 5) is 12.9. The molecule has 0 spiro atoms. The lowest BCUT2D eigenvalue weighted by Crippen LogP contribution is -2.32. The summed E-state index contributed by atoms with van der Waals surface area (Å²) in [5.41, 5.74) is 0. The second-order valence-electron chi connectivity index (χ2n) is 4.18. The van der Waals surface area contributed by atoms with Crippen LogP contribution in [0.4, 0.5) is 11.9 Å². The second-order valence-corrected chi connectivity index (χ2v) is 4.18.